The molecule has 2 heterocycles. The van der Waals surface area contributed by atoms with Gasteiger partial charge in [-0.1, -0.05) is 12.1 Å². The highest BCUT2D eigenvalue weighted by atomic mass is 16.2. The van der Waals surface area contributed by atoms with Gasteiger partial charge in [-0.2, -0.15) is 0 Å². The van der Waals surface area contributed by atoms with Gasteiger partial charge >= 0.3 is 0 Å². The van der Waals surface area contributed by atoms with Gasteiger partial charge < -0.3 is 15.5 Å². The number of hydrogen-bond acceptors (Lipinski definition) is 5. The number of carbonyl (C=O) groups excluding carboxylic acids is 1. The van der Waals surface area contributed by atoms with E-state index in [0.29, 0.717) is 13.1 Å². The van der Waals surface area contributed by atoms with E-state index in [4.69, 9.17) is 5.73 Å². The lowest BCUT2D eigenvalue weighted by Gasteiger charge is -2.40. The van der Waals surface area contributed by atoms with Crippen molar-refractivity contribution in [2.75, 3.05) is 30.3 Å². The minimum atomic E-state index is 0.120. The molecule has 2 aromatic rings. The van der Waals surface area contributed by atoms with Crippen LogP contribution >= 0.6 is 0 Å². The van der Waals surface area contributed by atoms with Crippen molar-refractivity contribution in [3.63, 3.8) is 0 Å². The Labute approximate surface area is 135 Å². The molecule has 1 aromatic heterocycles. The van der Waals surface area contributed by atoms with Crippen LogP contribution in [0.1, 0.15) is 13.8 Å². The number of nitrogen functional groups attached to an aromatic ring is 1. The third-order valence-corrected chi connectivity index (χ3v) is 4.21. The van der Waals surface area contributed by atoms with Crippen molar-refractivity contribution in [1.82, 2.24) is 14.9 Å². The Morgan fingerprint density at radius 1 is 1.17 bits per heavy atom. The van der Waals surface area contributed by atoms with Crippen molar-refractivity contribution in [3.8, 4) is 11.3 Å². The van der Waals surface area contributed by atoms with Crippen LogP contribution in [0.4, 0.5) is 11.5 Å². The largest absolute Gasteiger partial charge is 0.399 e. The van der Waals surface area contributed by atoms with Gasteiger partial charge in [0.1, 0.15) is 5.69 Å². The fraction of sp³-hybridized carbons (Fsp3) is 0.353. The molecule has 0 spiro atoms. The molecular formula is C17H21N5O. The van der Waals surface area contributed by atoms with Crippen LogP contribution < -0.4 is 10.6 Å². The van der Waals surface area contributed by atoms with Crippen LogP contribution in [0.3, 0.4) is 0 Å². The van der Waals surface area contributed by atoms with Crippen LogP contribution in [0, 0.1) is 0 Å². The van der Waals surface area contributed by atoms with Crippen LogP contribution in [0.5, 0.6) is 0 Å². The van der Waals surface area contributed by atoms with Crippen LogP contribution in [0.2, 0.25) is 0 Å². The summed E-state index contributed by atoms with van der Waals surface area (Å²) in [4.78, 5) is 24.7. The molecule has 0 aliphatic carbocycles. The lowest BCUT2D eigenvalue weighted by Crippen LogP contribution is -2.53. The molecule has 1 aliphatic rings. The monoisotopic (exact) mass is 311 g/mol. The zero-order chi connectivity index (χ0) is 16.4. The standard InChI is InChI=1S/C17H21N5O/c1-12-11-21(13(2)23)9-10-22(12)17-16(19-7-8-20-17)14-3-5-15(18)6-4-14/h3-8,12H,9-11,18H2,1-2H3. The summed E-state index contributed by atoms with van der Waals surface area (Å²) in [7, 11) is 0. The molecule has 1 aromatic carbocycles. The molecule has 6 heteroatoms. The second-order valence-corrected chi connectivity index (χ2v) is 5.86. The average molecular weight is 311 g/mol. The molecule has 1 atom stereocenters. The fourth-order valence-corrected chi connectivity index (χ4v) is 2.94. The molecule has 2 N–H and O–H groups in total. The van der Waals surface area contributed by atoms with Crippen LogP contribution in [-0.2, 0) is 4.79 Å². The molecule has 120 valence electrons. The summed E-state index contributed by atoms with van der Waals surface area (Å²) in [6.07, 6.45) is 3.41. The van der Waals surface area contributed by atoms with E-state index in [1.165, 1.54) is 0 Å². The molecule has 1 fully saturated rings. The van der Waals surface area contributed by atoms with Gasteiger partial charge in [-0.15, -0.1) is 0 Å². The van der Waals surface area contributed by atoms with E-state index in [2.05, 4.69) is 21.8 Å². The second kappa shape index (κ2) is 6.24. The zero-order valence-corrected chi connectivity index (χ0v) is 13.4. The Morgan fingerprint density at radius 2 is 1.87 bits per heavy atom. The van der Waals surface area contributed by atoms with Gasteiger partial charge in [0.25, 0.3) is 0 Å². The summed E-state index contributed by atoms with van der Waals surface area (Å²) in [5, 5.41) is 0. The van der Waals surface area contributed by atoms with Gasteiger partial charge in [0.2, 0.25) is 5.91 Å². The summed E-state index contributed by atoms with van der Waals surface area (Å²) < 4.78 is 0. The SMILES string of the molecule is CC(=O)N1CCN(c2nccnc2-c2ccc(N)cc2)C(C)C1. The smallest absolute Gasteiger partial charge is 0.219 e. The van der Waals surface area contributed by atoms with E-state index in [1.807, 2.05) is 29.2 Å². The maximum absolute atomic E-state index is 11.6. The quantitative estimate of drug-likeness (QED) is 0.856. The Kier molecular flexibility index (Phi) is 4.14. The average Bonchev–Trinajstić information content (AvgIpc) is 2.55. The van der Waals surface area contributed by atoms with E-state index in [-0.39, 0.29) is 11.9 Å². The Hall–Kier alpha value is -2.63. The third-order valence-electron chi connectivity index (χ3n) is 4.21. The molecule has 1 amide bonds. The maximum Gasteiger partial charge on any atom is 0.219 e. The normalized spacial score (nSPS) is 18.1. The number of nitrogens with two attached hydrogens (primary N) is 1. The molecule has 1 saturated heterocycles. The number of benzene rings is 1. The van der Waals surface area contributed by atoms with Crippen molar-refractivity contribution in [3.05, 3.63) is 36.7 Å². The van der Waals surface area contributed by atoms with E-state index in [9.17, 15) is 4.79 Å². The predicted octanol–water partition coefficient (Wildman–Crippen LogP) is 1.78. The lowest BCUT2D eigenvalue weighted by molar-refractivity contribution is -0.129. The Balaban J connectivity index is 1.92. The lowest BCUT2D eigenvalue weighted by atomic mass is 10.1. The fourth-order valence-electron chi connectivity index (χ4n) is 2.94. The predicted molar refractivity (Wildman–Crippen MR) is 90.9 cm³/mol. The summed E-state index contributed by atoms with van der Waals surface area (Å²) in [5.41, 5.74) is 8.32. The highest BCUT2D eigenvalue weighted by Gasteiger charge is 2.28. The van der Waals surface area contributed by atoms with Crippen molar-refractivity contribution < 1.29 is 4.79 Å². The van der Waals surface area contributed by atoms with Gasteiger partial charge in [-0.25, -0.2) is 4.98 Å². The van der Waals surface area contributed by atoms with E-state index in [0.717, 1.165) is 29.3 Å². The maximum atomic E-state index is 11.6. The molecular weight excluding hydrogens is 290 g/mol. The number of nitrogens with zero attached hydrogens (tertiary/aromatic N) is 4. The highest BCUT2D eigenvalue weighted by Crippen LogP contribution is 2.29. The van der Waals surface area contributed by atoms with Gasteiger partial charge in [0.15, 0.2) is 5.82 Å². The molecule has 0 bridgehead atoms. The molecule has 23 heavy (non-hydrogen) atoms. The van der Waals surface area contributed by atoms with Crippen molar-refractivity contribution in [2.24, 2.45) is 0 Å². The summed E-state index contributed by atoms with van der Waals surface area (Å²) in [6.45, 7) is 5.88. The van der Waals surface area contributed by atoms with Crippen LogP contribution in [0.25, 0.3) is 11.3 Å². The van der Waals surface area contributed by atoms with Gasteiger partial charge in [-0.3, -0.25) is 9.78 Å². The number of amides is 1. The topological polar surface area (TPSA) is 75.4 Å². The Morgan fingerprint density at radius 3 is 2.52 bits per heavy atom. The van der Waals surface area contributed by atoms with Gasteiger partial charge in [0, 0.05) is 56.2 Å². The molecule has 0 radical (unpaired) electrons. The number of anilines is 2. The summed E-state index contributed by atoms with van der Waals surface area (Å²) in [6, 6.07) is 7.84. The first kappa shape index (κ1) is 15.3. The first-order chi connectivity index (χ1) is 11.1. The summed E-state index contributed by atoms with van der Waals surface area (Å²) >= 11 is 0. The second-order valence-electron chi connectivity index (χ2n) is 5.86. The van der Waals surface area contributed by atoms with Crippen molar-refractivity contribution >= 4 is 17.4 Å². The van der Waals surface area contributed by atoms with E-state index >= 15 is 0 Å². The first-order valence-corrected chi connectivity index (χ1v) is 7.75. The number of carbonyl (C=O) groups is 1. The highest BCUT2D eigenvalue weighted by molar-refractivity contribution is 5.75. The number of piperazine rings is 1. The first-order valence-electron chi connectivity index (χ1n) is 7.75. The summed E-state index contributed by atoms with van der Waals surface area (Å²) in [5.74, 6) is 0.974. The Bertz CT molecular complexity index is 700. The van der Waals surface area contributed by atoms with E-state index in [1.54, 1.807) is 19.3 Å². The van der Waals surface area contributed by atoms with Gasteiger partial charge in [-0.05, 0) is 19.1 Å². The molecule has 0 saturated carbocycles. The van der Waals surface area contributed by atoms with Crippen LogP contribution in [-0.4, -0.2) is 46.5 Å². The van der Waals surface area contributed by atoms with Gasteiger partial charge in [0.05, 0.1) is 0 Å². The minimum absolute atomic E-state index is 0.120. The molecule has 1 unspecified atom stereocenters. The number of hydrogen-bond donors (Lipinski definition) is 1. The third kappa shape index (κ3) is 3.11. The van der Waals surface area contributed by atoms with E-state index < -0.39 is 0 Å². The minimum Gasteiger partial charge on any atom is -0.399 e. The zero-order valence-electron chi connectivity index (χ0n) is 13.4. The van der Waals surface area contributed by atoms with Crippen molar-refractivity contribution in [2.45, 2.75) is 19.9 Å². The molecule has 6 nitrogen and oxygen atoms in total. The molecule has 1 aliphatic heterocycles. The number of aromatic nitrogens is 2. The van der Waals surface area contributed by atoms with Crippen molar-refractivity contribution in [1.29, 1.82) is 0 Å². The molecule has 3 rings (SSSR count). The number of rotatable bonds is 2. The van der Waals surface area contributed by atoms with Crippen LogP contribution in [0.15, 0.2) is 36.7 Å².